The lowest BCUT2D eigenvalue weighted by molar-refractivity contribution is -0.131. The molecule has 1 aromatic rings. The Hall–Kier alpha value is -1.63. The van der Waals surface area contributed by atoms with Crippen LogP contribution in [0.15, 0.2) is 18.2 Å². The van der Waals surface area contributed by atoms with Crippen LogP contribution in [-0.2, 0) is 14.4 Å². The molecule has 1 heterocycles. The highest BCUT2D eigenvalue weighted by Crippen LogP contribution is 2.23. The van der Waals surface area contributed by atoms with E-state index in [1.807, 2.05) is 11.9 Å². The summed E-state index contributed by atoms with van der Waals surface area (Å²) < 4.78 is 0. The van der Waals surface area contributed by atoms with E-state index in [1.54, 1.807) is 25.1 Å². The fraction of sp³-hybridized carbons (Fsp3) is 0.591. The van der Waals surface area contributed by atoms with Gasteiger partial charge in [-0.3, -0.25) is 14.5 Å². The van der Waals surface area contributed by atoms with Crippen molar-refractivity contribution in [1.29, 1.82) is 0 Å². The van der Waals surface area contributed by atoms with E-state index in [0.29, 0.717) is 28.6 Å². The third-order valence-electron chi connectivity index (χ3n) is 5.36. The molecular formula is C22H31Cl2N3O3. The Balaban J connectivity index is 2.02. The number of hydrogen-bond donors (Lipinski definition) is 2. The Morgan fingerprint density at radius 1 is 1.10 bits per heavy atom. The second-order valence-corrected chi connectivity index (χ2v) is 8.87. The number of halogens is 2. The van der Waals surface area contributed by atoms with Gasteiger partial charge in [0.15, 0.2) is 0 Å². The molecule has 30 heavy (non-hydrogen) atoms. The van der Waals surface area contributed by atoms with Gasteiger partial charge in [0.25, 0.3) is 0 Å². The molecule has 1 aliphatic heterocycles. The first-order chi connectivity index (χ1) is 14.3. The van der Waals surface area contributed by atoms with Crippen LogP contribution in [-0.4, -0.2) is 48.2 Å². The molecule has 166 valence electrons. The lowest BCUT2D eigenvalue weighted by Gasteiger charge is -2.32. The number of ketones is 1. The maximum Gasteiger partial charge on any atom is 0.246 e. The average molecular weight is 456 g/mol. The van der Waals surface area contributed by atoms with E-state index in [1.165, 1.54) is 0 Å². The summed E-state index contributed by atoms with van der Waals surface area (Å²) in [6, 6.07) is 3.94. The molecule has 0 saturated carbocycles. The van der Waals surface area contributed by atoms with E-state index >= 15 is 0 Å². The molecule has 1 aliphatic rings. The molecule has 2 atom stereocenters. The van der Waals surface area contributed by atoms with Crippen molar-refractivity contribution in [1.82, 2.24) is 10.2 Å². The topological polar surface area (TPSA) is 78.5 Å². The number of piperidine rings is 1. The number of unbranched alkanes of at least 4 members (excludes halogenated alkanes) is 2. The summed E-state index contributed by atoms with van der Waals surface area (Å²) >= 11 is 12.0. The summed E-state index contributed by atoms with van der Waals surface area (Å²) in [6.07, 6.45) is 6.26. The van der Waals surface area contributed by atoms with Gasteiger partial charge in [-0.15, -0.1) is 0 Å². The third kappa shape index (κ3) is 8.25. The molecule has 6 nitrogen and oxygen atoms in total. The van der Waals surface area contributed by atoms with E-state index in [-0.39, 0.29) is 23.6 Å². The second-order valence-electron chi connectivity index (χ2n) is 8.00. The second kappa shape index (κ2) is 12.3. The van der Waals surface area contributed by atoms with Crippen molar-refractivity contribution in [2.45, 2.75) is 70.4 Å². The van der Waals surface area contributed by atoms with Crippen LogP contribution in [0.2, 0.25) is 10.0 Å². The van der Waals surface area contributed by atoms with Gasteiger partial charge in [0, 0.05) is 22.2 Å². The molecule has 2 N–H and O–H groups in total. The number of Topliss-reactive ketones (excluding diaryl/α,β-unsaturated/α-hetero) is 1. The van der Waals surface area contributed by atoms with Gasteiger partial charge in [-0.05, 0) is 64.4 Å². The number of carbonyl (C=O) groups is 3. The van der Waals surface area contributed by atoms with Crippen LogP contribution in [0.4, 0.5) is 5.69 Å². The number of nitrogens with one attached hydrogen (secondary N) is 2. The van der Waals surface area contributed by atoms with E-state index in [2.05, 4.69) is 10.6 Å². The summed E-state index contributed by atoms with van der Waals surface area (Å²) in [7, 11) is 1.94. The zero-order valence-corrected chi connectivity index (χ0v) is 19.2. The van der Waals surface area contributed by atoms with Gasteiger partial charge in [-0.2, -0.15) is 0 Å². The SMILES string of the molecule is CC(=O)CCCCC[C@H](NC(=O)C1CCCCN1C)C(=O)Nc1cc(Cl)cc(Cl)c1. The zero-order valence-electron chi connectivity index (χ0n) is 17.7. The number of carbonyl (C=O) groups excluding carboxylic acids is 3. The standard InChI is InChI=1S/C22H31Cl2N3O3/c1-15(28)8-4-3-5-9-19(26-22(30)20-10-6-7-11-27(20)2)21(29)25-18-13-16(23)12-17(24)14-18/h12-14,19-20H,3-11H2,1-2H3,(H,25,29)(H,26,30)/t19-,20?/m0/s1. The van der Waals surface area contributed by atoms with Crippen LogP contribution in [0.3, 0.4) is 0 Å². The smallest absolute Gasteiger partial charge is 0.246 e. The third-order valence-corrected chi connectivity index (χ3v) is 5.79. The minimum absolute atomic E-state index is 0.120. The number of likely N-dealkylation sites (N-methyl/N-ethyl adjacent to an activating group) is 1. The Morgan fingerprint density at radius 3 is 2.43 bits per heavy atom. The molecule has 0 aliphatic carbocycles. The highest BCUT2D eigenvalue weighted by molar-refractivity contribution is 6.35. The van der Waals surface area contributed by atoms with Crippen molar-refractivity contribution >= 4 is 46.5 Å². The lowest BCUT2D eigenvalue weighted by atomic mass is 10.0. The maximum atomic E-state index is 12.9. The fourth-order valence-corrected chi connectivity index (χ4v) is 4.22. The Labute approximate surface area is 188 Å². The predicted octanol–water partition coefficient (Wildman–Crippen LogP) is 4.44. The molecule has 1 fully saturated rings. The zero-order chi connectivity index (χ0) is 22.1. The Bertz CT molecular complexity index is 737. The molecule has 2 amide bonds. The molecular weight excluding hydrogens is 425 g/mol. The monoisotopic (exact) mass is 455 g/mol. The number of amides is 2. The highest BCUT2D eigenvalue weighted by atomic mass is 35.5. The highest BCUT2D eigenvalue weighted by Gasteiger charge is 2.29. The summed E-state index contributed by atoms with van der Waals surface area (Å²) in [6.45, 7) is 2.45. The maximum absolute atomic E-state index is 12.9. The quantitative estimate of drug-likeness (QED) is 0.511. The largest absolute Gasteiger partial charge is 0.343 e. The first-order valence-electron chi connectivity index (χ1n) is 10.5. The van der Waals surface area contributed by atoms with E-state index in [4.69, 9.17) is 23.2 Å². The van der Waals surface area contributed by atoms with Crippen molar-refractivity contribution in [3.63, 3.8) is 0 Å². The van der Waals surface area contributed by atoms with Crippen molar-refractivity contribution < 1.29 is 14.4 Å². The lowest BCUT2D eigenvalue weighted by Crippen LogP contribution is -2.53. The minimum atomic E-state index is -0.664. The number of nitrogens with zero attached hydrogens (tertiary/aromatic N) is 1. The molecule has 2 rings (SSSR count). The van der Waals surface area contributed by atoms with E-state index in [0.717, 1.165) is 45.1 Å². The Kier molecular flexibility index (Phi) is 10.1. The first kappa shape index (κ1) is 24.6. The fourth-order valence-electron chi connectivity index (χ4n) is 3.70. The van der Waals surface area contributed by atoms with Gasteiger partial charge in [0.2, 0.25) is 11.8 Å². The van der Waals surface area contributed by atoms with Gasteiger partial charge in [-0.1, -0.05) is 42.5 Å². The van der Waals surface area contributed by atoms with Crippen molar-refractivity contribution in [3.8, 4) is 0 Å². The average Bonchev–Trinajstić information content (AvgIpc) is 2.65. The van der Waals surface area contributed by atoms with Crippen LogP contribution in [0, 0.1) is 0 Å². The van der Waals surface area contributed by atoms with Crippen molar-refractivity contribution in [2.24, 2.45) is 0 Å². The summed E-state index contributed by atoms with van der Waals surface area (Å²) in [5.74, 6) is -0.257. The van der Waals surface area contributed by atoms with Gasteiger partial charge in [0.1, 0.15) is 11.8 Å². The van der Waals surface area contributed by atoms with E-state index < -0.39 is 6.04 Å². The number of rotatable bonds is 10. The first-order valence-corrected chi connectivity index (χ1v) is 11.3. The van der Waals surface area contributed by atoms with Gasteiger partial charge in [-0.25, -0.2) is 0 Å². The van der Waals surface area contributed by atoms with Crippen LogP contribution < -0.4 is 10.6 Å². The van der Waals surface area contributed by atoms with Crippen molar-refractivity contribution in [2.75, 3.05) is 18.9 Å². The number of hydrogen-bond acceptors (Lipinski definition) is 4. The van der Waals surface area contributed by atoms with Crippen LogP contribution >= 0.6 is 23.2 Å². The molecule has 1 aromatic carbocycles. The van der Waals surface area contributed by atoms with Crippen LogP contribution in [0.25, 0.3) is 0 Å². The molecule has 1 saturated heterocycles. The van der Waals surface area contributed by atoms with Crippen LogP contribution in [0.5, 0.6) is 0 Å². The number of anilines is 1. The molecule has 0 spiro atoms. The molecule has 1 unspecified atom stereocenters. The number of benzene rings is 1. The normalized spacial score (nSPS) is 17.9. The minimum Gasteiger partial charge on any atom is -0.343 e. The molecule has 0 aromatic heterocycles. The van der Waals surface area contributed by atoms with E-state index in [9.17, 15) is 14.4 Å². The predicted molar refractivity (Wildman–Crippen MR) is 121 cm³/mol. The molecule has 8 heteroatoms. The summed E-state index contributed by atoms with van der Waals surface area (Å²) in [5.41, 5.74) is 0.489. The number of likely N-dealkylation sites (tertiary alicyclic amines) is 1. The van der Waals surface area contributed by atoms with Gasteiger partial charge >= 0.3 is 0 Å². The summed E-state index contributed by atoms with van der Waals surface area (Å²) in [5, 5.41) is 6.60. The molecule has 0 radical (unpaired) electrons. The van der Waals surface area contributed by atoms with Gasteiger partial charge in [0.05, 0.1) is 6.04 Å². The Morgan fingerprint density at radius 2 is 1.80 bits per heavy atom. The van der Waals surface area contributed by atoms with Crippen LogP contribution in [0.1, 0.15) is 58.3 Å². The molecule has 0 bridgehead atoms. The summed E-state index contributed by atoms with van der Waals surface area (Å²) in [4.78, 5) is 38.9. The van der Waals surface area contributed by atoms with Crippen molar-refractivity contribution in [3.05, 3.63) is 28.2 Å². The van der Waals surface area contributed by atoms with Gasteiger partial charge < -0.3 is 15.4 Å².